The highest BCUT2D eigenvalue weighted by Gasteiger charge is 2.55. The highest BCUT2D eigenvalue weighted by Crippen LogP contribution is 2.39. The third kappa shape index (κ3) is 0.845. The monoisotopic (exact) mass is 148 g/mol. The second-order valence-corrected chi connectivity index (χ2v) is 2.98. The summed E-state index contributed by atoms with van der Waals surface area (Å²) < 4.78 is 0. The van der Waals surface area contributed by atoms with Crippen LogP contribution in [0, 0.1) is 5.92 Å². The van der Waals surface area contributed by atoms with Gasteiger partial charge in [-0.1, -0.05) is 6.92 Å². The van der Waals surface area contributed by atoms with Crippen molar-refractivity contribution >= 4 is 0 Å². The lowest BCUT2D eigenvalue weighted by molar-refractivity contribution is -0.351. The number of aliphatic hydroxyl groups is 4. The fraction of sp³-hybridized carbons (Fsp3) is 1.00. The van der Waals surface area contributed by atoms with Gasteiger partial charge < -0.3 is 20.4 Å². The maximum absolute atomic E-state index is 9.05. The normalized spacial score (nSPS) is 36.3. The molecule has 60 valence electrons. The zero-order chi connectivity index (χ0) is 7.99. The lowest BCUT2D eigenvalue weighted by Gasteiger charge is -2.30. The Hall–Kier alpha value is -0.160. The molecule has 1 saturated carbocycles. The smallest absolute Gasteiger partial charge is 0.220 e. The van der Waals surface area contributed by atoms with Crippen LogP contribution in [0.15, 0.2) is 0 Å². The average Bonchev–Trinajstić information content (AvgIpc) is 1.94. The van der Waals surface area contributed by atoms with Gasteiger partial charge in [0.05, 0.1) is 0 Å². The number of hydrogen-bond acceptors (Lipinski definition) is 4. The van der Waals surface area contributed by atoms with Crippen LogP contribution in [-0.2, 0) is 0 Å². The molecule has 10 heavy (non-hydrogen) atoms. The van der Waals surface area contributed by atoms with Crippen LogP contribution in [0.3, 0.4) is 0 Å². The highest BCUT2D eigenvalue weighted by molar-refractivity contribution is 4.93. The molecule has 0 saturated heterocycles. The molecular formula is C6H12O4. The Bertz CT molecular complexity index is 141. The summed E-state index contributed by atoms with van der Waals surface area (Å²) in [6.07, 6.45) is 0.432. The molecule has 1 atom stereocenters. The molecule has 0 radical (unpaired) electrons. The second-order valence-electron chi connectivity index (χ2n) is 2.98. The first-order valence-corrected chi connectivity index (χ1v) is 3.27. The topological polar surface area (TPSA) is 80.9 Å². The zero-order valence-corrected chi connectivity index (χ0v) is 5.78. The van der Waals surface area contributed by atoms with Crippen molar-refractivity contribution < 1.29 is 20.4 Å². The van der Waals surface area contributed by atoms with Crippen molar-refractivity contribution in [1.82, 2.24) is 0 Å². The largest absolute Gasteiger partial charge is 0.361 e. The molecule has 0 heterocycles. The van der Waals surface area contributed by atoms with E-state index in [0.717, 1.165) is 0 Å². The minimum absolute atomic E-state index is 0.0150. The lowest BCUT2D eigenvalue weighted by atomic mass is 10.0. The Kier molecular flexibility index (Phi) is 1.52. The van der Waals surface area contributed by atoms with Gasteiger partial charge in [0.15, 0.2) is 0 Å². The lowest BCUT2D eigenvalue weighted by Crippen LogP contribution is -2.52. The molecule has 1 rings (SSSR count). The van der Waals surface area contributed by atoms with E-state index in [4.69, 9.17) is 20.4 Å². The molecule has 4 N–H and O–H groups in total. The molecule has 0 aromatic rings. The fourth-order valence-electron chi connectivity index (χ4n) is 1.20. The van der Waals surface area contributed by atoms with Crippen LogP contribution >= 0.6 is 0 Å². The highest BCUT2D eigenvalue weighted by atomic mass is 16.6. The third-order valence-corrected chi connectivity index (χ3v) is 2.20. The first-order valence-electron chi connectivity index (χ1n) is 3.27. The third-order valence-electron chi connectivity index (χ3n) is 2.20. The van der Waals surface area contributed by atoms with Crippen LogP contribution < -0.4 is 0 Å². The van der Waals surface area contributed by atoms with Crippen molar-refractivity contribution in [3.05, 3.63) is 0 Å². The Morgan fingerprint density at radius 2 is 1.70 bits per heavy atom. The van der Waals surface area contributed by atoms with Crippen molar-refractivity contribution in [3.63, 3.8) is 0 Å². The van der Waals surface area contributed by atoms with E-state index >= 15 is 0 Å². The molecule has 1 unspecified atom stereocenters. The predicted octanol–water partition coefficient (Wildman–Crippen LogP) is -1.22. The standard InChI is InChI=1S/C6H12O4/c1-4-2-3-5(7,8)6(4,9)10/h4,7-10H,2-3H2,1H3. The van der Waals surface area contributed by atoms with Gasteiger partial charge in [-0.25, -0.2) is 0 Å². The quantitative estimate of drug-likeness (QED) is 0.324. The summed E-state index contributed by atoms with van der Waals surface area (Å²) >= 11 is 0. The van der Waals surface area contributed by atoms with Gasteiger partial charge in [0.25, 0.3) is 0 Å². The Labute approximate surface area is 58.7 Å². The number of rotatable bonds is 0. The minimum atomic E-state index is -2.34. The zero-order valence-electron chi connectivity index (χ0n) is 5.78. The molecule has 0 amide bonds. The van der Waals surface area contributed by atoms with Gasteiger partial charge in [0, 0.05) is 12.3 Å². The van der Waals surface area contributed by atoms with E-state index in [1.54, 1.807) is 6.92 Å². The summed E-state index contributed by atoms with van der Waals surface area (Å²) in [5.74, 6) is -5.15. The van der Waals surface area contributed by atoms with Gasteiger partial charge >= 0.3 is 0 Å². The molecule has 1 aliphatic carbocycles. The SMILES string of the molecule is CC1CCC(O)(O)C1(O)O. The molecule has 0 aromatic carbocycles. The maximum Gasteiger partial charge on any atom is 0.220 e. The van der Waals surface area contributed by atoms with Crippen molar-refractivity contribution in [3.8, 4) is 0 Å². The van der Waals surface area contributed by atoms with Gasteiger partial charge in [0.1, 0.15) is 0 Å². The van der Waals surface area contributed by atoms with Gasteiger partial charge in [0.2, 0.25) is 11.6 Å². The van der Waals surface area contributed by atoms with E-state index in [9.17, 15) is 0 Å². The van der Waals surface area contributed by atoms with E-state index in [1.807, 2.05) is 0 Å². The van der Waals surface area contributed by atoms with Crippen molar-refractivity contribution in [2.45, 2.75) is 31.3 Å². The predicted molar refractivity (Wildman–Crippen MR) is 32.7 cm³/mol. The summed E-state index contributed by atoms with van der Waals surface area (Å²) in [6, 6.07) is 0. The molecule has 4 heteroatoms. The molecule has 4 nitrogen and oxygen atoms in total. The van der Waals surface area contributed by atoms with Gasteiger partial charge in [-0.15, -0.1) is 0 Å². The molecule has 1 fully saturated rings. The van der Waals surface area contributed by atoms with E-state index in [2.05, 4.69) is 0 Å². The molecular weight excluding hydrogens is 136 g/mol. The summed E-state index contributed by atoms with van der Waals surface area (Å²) in [6.45, 7) is 1.56. The molecule has 0 bridgehead atoms. The first-order chi connectivity index (χ1) is 4.38. The summed E-state index contributed by atoms with van der Waals surface area (Å²) in [7, 11) is 0. The molecule has 0 aliphatic heterocycles. The van der Waals surface area contributed by atoms with Crippen LogP contribution in [0.2, 0.25) is 0 Å². The van der Waals surface area contributed by atoms with Crippen molar-refractivity contribution in [2.75, 3.05) is 0 Å². The van der Waals surface area contributed by atoms with Crippen LogP contribution in [-0.4, -0.2) is 32.0 Å². The van der Waals surface area contributed by atoms with Crippen LogP contribution in [0.1, 0.15) is 19.8 Å². The van der Waals surface area contributed by atoms with Crippen LogP contribution in [0.5, 0.6) is 0 Å². The number of hydrogen-bond donors (Lipinski definition) is 4. The molecule has 0 aromatic heterocycles. The Balaban J connectivity index is 2.84. The minimum Gasteiger partial charge on any atom is -0.361 e. The summed E-state index contributed by atoms with van der Waals surface area (Å²) in [5, 5.41) is 36.0. The molecule has 1 aliphatic rings. The van der Waals surface area contributed by atoms with Gasteiger partial charge in [-0.3, -0.25) is 0 Å². The van der Waals surface area contributed by atoms with Gasteiger partial charge in [-0.2, -0.15) is 0 Å². The summed E-state index contributed by atoms with van der Waals surface area (Å²) in [5.41, 5.74) is 0. The second kappa shape index (κ2) is 1.92. The van der Waals surface area contributed by atoms with Crippen molar-refractivity contribution in [2.24, 2.45) is 5.92 Å². The van der Waals surface area contributed by atoms with E-state index < -0.39 is 17.5 Å². The average molecular weight is 148 g/mol. The van der Waals surface area contributed by atoms with E-state index in [0.29, 0.717) is 6.42 Å². The van der Waals surface area contributed by atoms with Gasteiger partial charge in [-0.05, 0) is 6.42 Å². The Morgan fingerprint density at radius 1 is 1.20 bits per heavy atom. The van der Waals surface area contributed by atoms with Crippen LogP contribution in [0.4, 0.5) is 0 Å². The van der Waals surface area contributed by atoms with E-state index in [1.165, 1.54) is 0 Å². The van der Waals surface area contributed by atoms with Crippen LogP contribution in [0.25, 0.3) is 0 Å². The molecule has 0 spiro atoms. The first kappa shape index (κ1) is 7.94. The maximum atomic E-state index is 9.05. The fourth-order valence-corrected chi connectivity index (χ4v) is 1.20. The Morgan fingerprint density at radius 3 is 1.80 bits per heavy atom. The summed E-state index contributed by atoms with van der Waals surface area (Å²) in [4.78, 5) is 0. The van der Waals surface area contributed by atoms with Crippen molar-refractivity contribution in [1.29, 1.82) is 0 Å². The van der Waals surface area contributed by atoms with E-state index in [-0.39, 0.29) is 6.42 Å².